The Hall–Kier alpha value is -0.920. The first kappa shape index (κ1) is 9.63. The van der Waals surface area contributed by atoms with Crippen molar-refractivity contribution in [1.82, 2.24) is 0 Å². The molecule has 2 heteroatoms. The molecule has 0 aromatic heterocycles. The van der Waals surface area contributed by atoms with Gasteiger partial charge in [0.05, 0.1) is 5.41 Å². The van der Waals surface area contributed by atoms with E-state index in [0.717, 1.165) is 18.4 Å². The number of Topliss-reactive ketones (excluding diaryl/α,β-unsaturated/α-hetero) is 1. The van der Waals surface area contributed by atoms with E-state index in [0.29, 0.717) is 18.6 Å². The molecule has 0 radical (unpaired) electrons. The minimum Gasteiger partial charge on any atom is -0.299 e. The number of hydrogen-bond acceptors (Lipinski definition) is 2. The van der Waals surface area contributed by atoms with Crippen LogP contribution in [-0.4, -0.2) is 11.6 Å². The van der Waals surface area contributed by atoms with Crippen molar-refractivity contribution in [1.29, 1.82) is 0 Å². The van der Waals surface area contributed by atoms with Crippen molar-refractivity contribution < 1.29 is 9.59 Å². The number of rotatable bonds is 0. The monoisotopic (exact) mass is 192 g/mol. The van der Waals surface area contributed by atoms with Crippen molar-refractivity contribution in [3.05, 3.63) is 11.6 Å². The summed E-state index contributed by atoms with van der Waals surface area (Å²) in [6.45, 7) is 4.03. The van der Waals surface area contributed by atoms with E-state index in [4.69, 9.17) is 0 Å². The predicted molar refractivity (Wildman–Crippen MR) is 53.8 cm³/mol. The van der Waals surface area contributed by atoms with Gasteiger partial charge in [-0.05, 0) is 31.8 Å². The molecule has 2 unspecified atom stereocenters. The topological polar surface area (TPSA) is 34.1 Å². The number of fused-ring (bicyclic) bond motifs is 1. The van der Waals surface area contributed by atoms with E-state index in [9.17, 15) is 9.59 Å². The van der Waals surface area contributed by atoms with Crippen LogP contribution < -0.4 is 0 Å². The second-order valence-electron chi connectivity index (χ2n) is 4.72. The summed E-state index contributed by atoms with van der Waals surface area (Å²) < 4.78 is 0. The van der Waals surface area contributed by atoms with E-state index in [2.05, 4.69) is 0 Å². The molecule has 0 spiro atoms. The zero-order valence-electron chi connectivity index (χ0n) is 8.80. The van der Waals surface area contributed by atoms with Crippen LogP contribution >= 0.6 is 0 Å². The second-order valence-corrected chi connectivity index (χ2v) is 4.72. The van der Waals surface area contributed by atoms with Crippen LogP contribution in [0.1, 0.15) is 39.5 Å². The van der Waals surface area contributed by atoms with Crippen molar-refractivity contribution in [2.45, 2.75) is 39.5 Å². The zero-order chi connectivity index (χ0) is 10.3. The minimum atomic E-state index is -0.327. The fourth-order valence-corrected chi connectivity index (χ4v) is 2.71. The molecule has 1 saturated carbocycles. The van der Waals surface area contributed by atoms with Crippen molar-refractivity contribution in [2.24, 2.45) is 11.3 Å². The van der Waals surface area contributed by atoms with Gasteiger partial charge in [0.25, 0.3) is 0 Å². The van der Waals surface area contributed by atoms with Crippen molar-refractivity contribution in [3.63, 3.8) is 0 Å². The quantitative estimate of drug-likeness (QED) is 0.590. The van der Waals surface area contributed by atoms with Gasteiger partial charge in [0.15, 0.2) is 5.78 Å². The molecule has 0 aromatic rings. The van der Waals surface area contributed by atoms with Gasteiger partial charge in [-0.2, -0.15) is 0 Å². The lowest BCUT2D eigenvalue weighted by Crippen LogP contribution is -2.42. The second kappa shape index (κ2) is 3.04. The molecule has 0 heterocycles. The van der Waals surface area contributed by atoms with Gasteiger partial charge in [0.1, 0.15) is 5.78 Å². The lowest BCUT2D eigenvalue weighted by atomic mass is 9.60. The summed E-state index contributed by atoms with van der Waals surface area (Å²) in [7, 11) is 0. The smallest absolute Gasteiger partial charge is 0.155 e. The van der Waals surface area contributed by atoms with E-state index in [1.165, 1.54) is 0 Å². The molecule has 0 aromatic carbocycles. The van der Waals surface area contributed by atoms with Gasteiger partial charge in [0, 0.05) is 12.8 Å². The maximum Gasteiger partial charge on any atom is 0.155 e. The summed E-state index contributed by atoms with van der Waals surface area (Å²) in [5, 5.41) is 0. The SMILES string of the molecule is CC1CC(=O)C=C2CCCC(=O)C21C. The Morgan fingerprint density at radius 2 is 2.07 bits per heavy atom. The molecule has 2 atom stereocenters. The van der Waals surface area contributed by atoms with E-state index in [-0.39, 0.29) is 17.1 Å². The number of hydrogen-bond donors (Lipinski definition) is 0. The van der Waals surface area contributed by atoms with Gasteiger partial charge in [-0.25, -0.2) is 0 Å². The third-order valence-electron chi connectivity index (χ3n) is 3.92. The first-order chi connectivity index (χ1) is 6.55. The summed E-state index contributed by atoms with van der Waals surface area (Å²) in [5.74, 6) is 0.706. The Morgan fingerprint density at radius 3 is 2.79 bits per heavy atom. The molecule has 2 aliphatic carbocycles. The van der Waals surface area contributed by atoms with Gasteiger partial charge in [-0.1, -0.05) is 12.5 Å². The molecule has 2 aliphatic rings. The van der Waals surface area contributed by atoms with Crippen LogP contribution in [0, 0.1) is 11.3 Å². The van der Waals surface area contributed by atoms with Crippen LogP contribution in [-0.2, 0) is 9.59 Å². The highest BCUT2D eigenvalue weighted by Gasteiger charge is 2.46. The molecule has 1 fully saturated rings. The highest BCUT2D eigenvalue weighted by molar-refractivity contribution is 5.98. The molecule has 76 valence electrons. The van der Waals surface area contributed by atoms with Gasteiger partial charge >= 0.3 is 0 Å². The lowest BCUT2D eigenvalue weighted by Gasteiger charge is -2.42. The first-order valence-electron chi connectivity index (χ1n) is 5.32. The summed E-state index contributed by atoms with van der Waals surface area (Å²) in [5.41, 5.74) is 0.754. The summed E-state index contributed by atoms with van der Waals surface area (Å²) >= 11 is 0. The molecule has 14 heavy (non-hydrogen) atoms. The number of allylic oxidation sites excluding steroid dienone is 2. The Kier molecular flexibility index (Phi) is 2.09. The van der Waals surface area contributed by atoms with Crippen molar-refractivity contribution in [2.75, 3.05) is 0 Å². The van der Waals surface area contributed by atoms with E-state index in [1.807, 2.05) is 13.8 Å². The summed E-state index contributed by atoms with van der Waals surface area (Å²) in [6, 6.07) is 0. The van der Waals surface area contributed by atoms with Gasteiger partial charge in [0.2, 0.25) is 0 Å². The molecule has 2 nitrogen and oxygen atoms in total. The lowest BCUT2D eigenvalue weighted by molar-refractivity contribution is -0.131. The summed E-state index contributed by atoms with van der Waals surface area (Å²) in [6.07, 6.45) is 4.79. The highest BCUT2D eigenvalue weighted by atomic mass is 16.1. The normalized spacial score (nSPS) is 37.9. The van der Waals surface area contributed by atoms with Crippen LogP contribution in [0.3, 0.4) is 0 Å². The third kappa shape index (κ3) is 1.17. The van der Waals surface area contributed by atoms with Crippen molar-refractivity contribution in [3.8, 4) is 0 Å². The fraction of sp³-hybridized carbons (Fsp3) is 0.667. The standard InChI is InChI=1S/C12H16O2/c1-8-6-10(13)7-9-4-3-5-11(14)12(8,9)2/h7-8H,3-6H2,1-2H3. The molecule has 2 rings (SSSR count). The van der Waals surface area contributed by atoms with Gasteiger partial charge in [-0.3, -0.25) is 9.59 Å². The Balaban J connectivity index is 2.46. The maximum atomic E-state index is 11.9. The average molecular weight is 192 g/mol. The molecule has 0 aliphatic heterocycles. The minimum absolute atomic E-state index is 0.183. The fourth-order valence-electron chi connectivity index (χ4n) is 2.71. The molecule has 0 saturated heterocycles. The third-order valence-corrected chi connectivity index (χ3v) is 3.92. The van der Waals surface area contributed by atoms with Crippen molar-refractivity contribution >= 4 is 11.6 Å². The largest absolute Gasteiger partial charge is 0.299 e. The highest BCUT2D eigenvalue weighted by Crippen LogP contribution is 2.47. The Bertz CT molecular complexity index is 327. The number of ketones is 2. The number of carbonyl (C=O) groups excluding carboxylic acids is 2. The maximum absolute atomic E-state index is 11.9. The van der Waals surface area contributed by atoms with E-state index >= 15 is 0 Å². The summed E-state index contributed by atoms with van der Waals surface area (Å²) in [4.78, 5) is 23.3. The molecule has 0 bridgehead atoms. The molecule has 0 amide bonds. The molecular formula is C12H16O2. The zero-order valence-corrected chi connectivity index (χ0v) is 8.80. The first-order valence-corrected chi connectivity index (χ1v) is 5.32. The van der Waals surface area contributed by atoms with Crippen LogP contribution in [0.15, 0.2) is 11.6 Å². The van der Waals surface area contributed by atoms with Crippen LogP contribution in [0.5, 0.6) is 0 Å². The van der Waals surface area contributed by atoms with Crippen LogP contribution in [0.2, 0.25) is 0 Å². The van der Waals surface area contributed by atoms with Crippen LogP contribution in [0.25, 0.3) is 0 Å². The Morgan fingerprint density at radius 1 is 1.36 bits per heavy atom. The predicted octanol–water partition coefficient (Wildman–Crippen LogP) is 2.28. The molecule has 0 N–H and O–H groups in total. The van der Waals surface area contributed by atoms with E-state index in [1.54, 1.807) is 6.08 Å². The Labute approximate surface area is 84.4 Å². The van der Waals surface area contributed by atoms with Crippen LogP contribution in [0.4, 0.5) is 0 Å². The van der Waals surface area contributed by atoms with Gasteiger partial charge in [-0.15, -0.1) is 0 Å². The average Bonchev–Trinajstić information content (AvgIpc) is 2.11. The number of carbonyl (C=O) groups is 2. The van der Waals surface area contributed by atoms with Gasteiger partial charge < -0.3 is 0 Å². The molecular weight excluding hydrogens is 176 g/mol. The van der Waals surface area contributed by atoms with E-state index < -0.39 is 0 Å².